The summed E-state index contributed by atoms with van der Waals surface area (Å²) in [5.41, 5.74) is 0.605. The Morgan fingerprint density at radius 3 is 2.96 bits per heavy atom. The van der Waals surface area contributed by atoms with Crippen molar-refractivity contribution in [3.63, 3.8) is 0 Å². The molecule has 1 atom stereocenters. The highest BCUT2D eigenvalue weighted by Gasteiger charge is 2.28. The molecule has 2 heterocycles. The lowest BCUT2D eigenvalue weighted by Gasteiger charge is -2.16. The van der Waals surface area contributed by atoms with Crippen molar-refractivity contribution in [1.29, 1.82) is 0 Å². The van der Waals surface area contributed by atoms with Crippen LogP contribution in [0.4, 0.5) is 4.39 Å². The van der Waals surface area contributed by atoms with E-state index in [1.807, 2.05) is 4.90 Å². The van der Waals surface area contributed by atoms with Crippen molar-refractivity contribution in [2.75, 3.05) is 19.7 Å². The van der Waals surface area contributed by atoms with Gasteiger partial charge in [0.25, 0.3) is 5.91 Å². The Morgan fingerprint density at radius 2 is 2.22 bits per heavy atom. The number of aryl methyl sites for hydroxylation is 1. The average Bonchev–Trinajstić information content (AvgIpc) is 3.18. The summed E-state index contributed by atoms with van der Waals surface area (Å²) in [6.07, 6.45) is 3.39. The number of benzene rings is 1. The van der Waals surface area contributed by atoms with Gasteiger partial charge in [-0.05, 0) is 37.0 Å². The first kappa shape index (κ1) is 15.5. The molecule has 122 valence electrons. The molecular weight excluding hydrogens is 297 g/mol. The largest absolute Gasteiger partial charge is 0.491 e. The minimum absolute atomic E-state index is 0.0162. The Labute approximate surface area is 134 Å². The van der Waals surface area contributed by atoms with Crippen LogP contribution in [-0.4, -0.2) is 40.3 Å². The number of nitrogens with zero attached hydrogens (tertiary/aromatic N) is 3. The quantitative estimate of drug-likeness (QED) is 0.851. The summed E-state index contributed by atoms with van der Waals surface area (Å²) in [6, 6.07) is 8.14. The summed E-state index contributed by atoms with van der Waals surface area (Å²) in [5.74, 6) is 0.349. The number of hydrogen-bond donors (Lipinski definition) is 0. The van der Waals surface area contributed by atoms with Gasteiger partial charge in [0.1, 0.15) is 5.69 Å². The predicted molar refractivity (Wildman–Crippen MR) is 83.7 cm³/mol. The molecule has 0 bridgehead atoms. The van der Waals surface area contributed by atoms with E-state index in [0.717, 1.165) is 19.4 Å². The average molecular weight is 317 g/mol. The number of rotatable bonds is 5. The van der Waals surface area contributed by atoms with E-state index in [-0.39, 0.29) is 17.5 Å². The number of para-hydroxylation sites is 1. The van der Waals surface area contributed by atoms with E-state index in [0.29, 0.717) is 24.8 Å². The van der Waals surface area contributed by atoms with Gasteiger partial charge in [0.05, 0.1) is 6.61 Å². The second kappa shape index (κ2) is 6.81. The van der Waals surface area contributed by atoms with Gasteiger partial charge in [-0.2, -0.15) is 5.10 Å². The molecule has 6 heteroatoms. The van der Waals surface area contributed by atoms with Crippen LogP contribution in [0.15, 0.2) is 36.5 Å². The number of carbonyl (C=O) groups is 1. The SMILES string of the molecule is Cn1nccc1C(=O)N1CCC(CCOc2ccccc2F)C1. The number of likely N-dealkylation sites (tertiary alicyclic amines) is 1. The van der Waals surface area contributed by atoms with E-state index in [2.05, 4.69) is 5.10 Å². The van der Waals surface area contributed by atoms with E-state index in [1.165, 1.54) is 6.07 Å². The smallest absolute Gasteiger partial charge is 0.272 e. The number of amides is 1. The topological polar surface area (TPSA) is 47.4 Å². The fourth-order valence-electron chi connectivity index (χ4n) is 2.90. The first-order chi connectivity index (χ1) is 11.1. The van der Waals surface area contributed by atoms with E-state index in [9.17, 15) is 9.18 Å². The van der Waals surface area contributed by atoms with Crippen LogP contribution in [-0.2, 0) is 7.05 Å². The van der Waals surface area contributed by atoms with Crippen LogP contribution in [0, 0.1) is 11.7 Å². The molecule has 5 nitrogen and oxygen atoms in total. The lowest BCUT2D eigenvalue weighted by atomic mass is 10.1. The van der Waals surface area contributed by atoms with Crippen molar-refractivity contribution in [3.8, 4) is 5.75 Å². The maximum absolute atomic E-state index is 13.5. The Balaban J connectivity index is 1.48. The molecule has 1 fully saturated rings. The number of ether oxygens (including phenoxy) is 1. The van der Waals surface area contributed by atoms with Crippen LogP contribution >= 0.6 is 0 Å². The van der Waals surface area contributed by atoms with Crippen molar-refractivity contribution in [3.05, 3.63) is 48.0 Å². The maximum Gasteiger partial charge on any atom is 0.272 e. The monoisotopic (exact) mass is 317 g/mol. The highest BCUT2D eigenvalue weighted by Crippen LogP contribution is 2.22. The third kappa shape index (κ3) is 3.52. The Bertz CT molecular complexity index is 686. The van der Waals surface area contributed by atoms with Crippen LogP contribution in [0.5, 0.6) is 5.75 Å². The predicted octanol–water partition coefficient (Wildman–Crippen LogP) is 2.49. The molecular formula is C17H20FN3O2. The number of halogens is 1. The van der Waals surface area contributed by atoms with Crippen molar-refractivity contribution in [2.45, 2.75) is 12.8 Å². The van der Waals surface area contributed by atoms with Crippen LogP contribution < -0.4 is 4.74 Å². The van der Waals surface area contributed by atoms with Gasteiger partial charge in [-0.15, -0.1) is 0 Å². The molecule has 3 rings (SSSR count). The molecule has 23 heavy (non-hydrogen) atoms. The normalized spacial score (nSPS) is 17.5. The van der Waals surface area contributed by atoms with E-state index in [4.69, 9.17) is 4.74 Å². The molecule has 2 aromatic rings. The molecule has 0 spiro atoms. The molecule has 1 amide bonds. The first-order valence-electron chi connectivity index (χ1n) is 7.80. The van der Waals surface area contributed by atoms with Gasteiger partial charge in [0.2, 0.25) is 0 Å². The van der Waals surface area contributed by atoms with Gasteiger partial charge < -0.3 is 9.64 Å². The molecule has 1 aromatic carbocycles. The van der Waals surface area contributed by atoms with Crippen LogP contribution in [0.25, 0.3) is 0 Å². The highest BCUT2D eigenvalue weighted by molar-refractivity contribution is 5.92. The van der Waals surface area contributed by atoms with Gasteiger partial charge in [-0.25, -0.2) is 4.39 Å². The minimum Gasteiger partial charge on any atom is -0.491 e. The van der Waals surface area contributed by atoms with Crippen molar-refractivity contribution in [1.82, 2.24) is 14.7 Å². The zero-order valence-corrected chi connectivity index (χ0v) is 13.1. The van der Waals surface area contributed by atoms with Crippen molar-refractivity contribution in [2.24, 2.45) is 13.0 Å². The third-order valence-electron chi connectivity index (χ3n) is 4.23. The maximum atomic E-state index is 13.5. The van der Waals surface area contributed by atoms with E-state index >= 15 is 0 Å². The van der Waals surface area contributed by atoms with Gasteiger partial charge in [0.15, 0.2) is 11.6 Å². The summed E-state index contributed by atoms with van der Waals surface area (Å²) >= 11 is 0. The fraction of sp³-hybridized carbons (Fsp3) is 0.412. The lowest BCUT2D eigenvalue weighted by molar-refractivity contribution is 0.0774. The fourth-order valence-corrected chi connectivity index (χ4v) is 2.90. The first-order valence-corrected chi connectivity index (χ1v) is 7.80. The molecule has 1 unspecified atom stereocenters. The van der Waals surface area contributed by atoms with Gasteiger partial charge >= 0.3 is 0 Å². The molecule has 1 saturated heterocycles. The summed E-state index contributed by atoms with van der Waals surface area (Å²) in [6.45, 7) is 1.92. The number of carbonyl (C=O) groups excluding carboxylic acids is 1. The Morgan fingerprint density at radius 1 is 1.39 bits per heavy atom. The zero-order valence-electron chi connectivity index (χ0n) is 13.1. The van der Waals surface area contributed by atoms with Crippen LogP contribution in [0.1, 0.15) is 23.3 Å². The molecule has 0 saturated carbocycles. The van der Waals surface area contributed by atoms with Crippen molar-refractivity contribution >= 4 is 5.91 Å². The highest BCUT2D eigenvalue weighted by atomic mass is 19.1. The standard InChI is InChI=1S/C17H20FN3O2/c1-20-15(6-9-19-20)17(22)21-10-7-13(12-21)8-11-23-16-5-3-2-4-14(16)18/h2-6,9,13H,7-8,10-12H2,1H3. The number of aromatic nitrogens is 2. The van der Waals surface area contributed by atoms with Gasteiger partial charge in [-0.3, -0.25) is 9.48 Å². The summed E-state index contributed by atoms with van der Waals surface area (Å²) < 4.78 is 20.6. The zero-order chi connectivity index (χ0) is 16.2. The second-order valence-corrected chi connectivity index (χ2v) is 5.81. The molecule has 0 aliphatic carbocycles. The summed E-state index contributed by atoms with van der Waals surface area (Å²) in [4.78, 5) is 14.3. The van der Waals surface area contributed by atoms with E-state index in [1.54, 1.807) is 42.2 Å². The minimum atomic E-state index is -0.341. The third-order valence-corrected chi connectivity index (χ3v) is 4.23. The lowest BCUT2D eigenvalue weighted by Crippen LogP contribution is -2.30. The van der Waals surface area contributed by atoms with Gasteiger partial charge in [-0.1, -0.05) is 12.1 Å². The molecule has 1 aliphatic heterocycles. The van der Waals surface area contributed by atoms with Crippen LogP contribution in [0.2, 0.25) is 0 Å². The molecule has 0 N–H and O–H groups in total. The molecule has 1 aromatic heterocycles. The summed E-state index contributed by atoms with van der Waals surface area (Å²) in [5, 5.41) is 4.03. The summed E-state index contributed by atoms with van der Waals surface area (Å²) in [7, 11) is 1.77. The Hall–Kier alpha value is -2.37. The van der Waals surface area contributed by atoms with E-state index < -0.39 is 0 Å². The molecule has 0 radical (unpaired) electrons. The van der Waals surface area contributed by atoms with Crippen LogP contribution in [0.3, 0.4) is 0 Å². The second-order valence-electron chi connectivity index (χ2n) is 5.81. The van der Waals surface area contributed by atoms with Crippen molar-refractivity contribution < 1.29 is 13.9 Å². The number of hydrogen-bond acceptors (Lipinski definition) is 3. The molecule has 1 aliphatic rings. The Kier molecular flexibility index (Phi) is 4.60. The van der Waals surface area contributed by atoms with Gasteiger partial charge in [0, 0.05) is 26.3 Å².